The van der Waals surface area contributed by atoms with E-state index < -0.39 is 4.92 Å². The van der Waals surface area contributed by atoms with Crippen LogP contribution in [0.4, 0.5) is 11.4 Å². The quantitative estimate of drug-likeness (QED) is 0.521. The molecule has 1 heterocycles. The fourth-order valence-electron chi connectivity index (χ4n) is 2.53. The van der Waals surface area contributed by atoms with Crippen molar-refractivity contribution in [3.05, 3.63) is 33.9 Å². The predicted molar refractivity (Wildman–Crippen MR) is 76.4 cm³/mol. The van der Waals surface area contributed by atoms with E-state index >= 15 is 0 Å². The number of anilines is 1. The van der Waals surface area contributed by atoms with Crippen molar-refractivity contribution in [3.63, 3.8) is 0 Å². The molecule has 2 rings (SSSR count). The van der Waals surface area contributed by atoms with Gasteiger partial charge < -0.3 is 10.6 Å². The number of carbonyl (C=O) groups is 1. The number of nitrogens with zero attached hydrogens (tertiary/aromatic N) is 2. The highest BCUT2D eigenvalue weighted by Crippen LogP contribution is 2.27. The van der Waals surface area contributed by atoms with E-state index in [0.717, 1.165) is 6.42 Å². The van der Waals surface area contributed by atoms with E-state index in [-0.39, 0.29) is 17.3 Å². The van der Waals surface area contributed by atoms with Gasteiger partial charge in [-0.1, -0.05) is 13.8 Å². The van der Waals surface area contributed by atoms with E-state index in [1.807, 2.05) is 0 Å². The summed E-state index contributed by atoms with van der Waals surface area (Å²) in [6, 6.07) is 4.23. The Labute approximate surface area is 117 Å². The van der Waals surface area contributed by atoms with Crippen LogP contribution < -0.4 is 5.73 Å². The van der Waals surface area contributed by atoms with Crippen molar-refractivity contribution in [1.82, 2.24) is 4.90 Å². The maximum absolute atomic E-state index is 12.4. The molecule has 108 valence electrons. The first-order valence-corrected chi connectivity index (χ1v) is 6.73. The van der Waals surface area contributed by atoms with Crippen molar-refractivity contribution < 1.29 is 9.72 Å². The summed E-state index contributed by atoms with van der Waals surface area (Å²) in [6.07, 6.45) is 0.987. The normalized spacial score (nSPS) is 18.6. The third-order valence-corrected chi connectivity index (χ3v) is 3.93. The Hall–Kier alpha value is -2.11. The summed E-state index contributed by atoms with van der Waals surface area (Å²) in [6.45, 7) is 5.72. The van der Waals surface area contributed by atoms with Gasteiger partial charge in [-0.2, -0.15) is 0 Å². The third kappa shape index (κ3) is 2.74. The molecule has 2 N–H and O–H groups in total. The number of hydrogen-bond acceptors (Lipinski definition) is 4. The molecular weight excluding hydrogens is 258 g/mol. The van der Waals surface area contributed by atoms with Gasteiger partial charge in [0.25, 0.3) is 11.6 Å². The van der Waals surface area contributed by atoms with Crippen molar-refractivity contribution in [2.24, 2.45) is 11.8 Å². The molecule has 0 saturated carbocycles. The van der Waals surface area contributed by atoms with E-state index in [2.05, 4.69) is 13.8 Å². The fraction of sp³-hybridized carbons (Fsp3) is 0.500. The van der Waals surface area contributed by atoms with Gasteiger partial charge >= 0.3 is 0 Å². The van der Waals surface area contributed by atoms with Crippen LogP contribution in [-0.2, 0) is 0 Å². The first kappa shape index (κ1) is 14.3. The molecule has 1 aromatic carbocycles. The largest absolute Gasteiger partial charge is 0.393 e. The molecular formula is C14H19N3O3. The van der Waals surface area contributed by atoms with E-state index in [9.17, 15) is 14.9 Å². The molecule has 1 aromatic rings. The van der Waals surface area contributed by atoms with Gasteiger partial charge in [-0.25, -0.2) is 0 Å². The molecule has 1 aliphatic heterocycles. The highest BCUT2D eigenvalue weighted by atomic mass is 16.6. The number of amides is 1. The lowest BCUT2D eigenvalue weighted by molar-refractivity contribution is -0.383. The molecule has 1 saturated heterocycles. The van der Waals surface area contributed by atoms with Crippen LogP contribution in [0.1, 0.15) is 30.6 Å². The maximum Gasteiger partial charge on any atom is 0.292 e. The maximum atomic E-state index is 12.4. The van der Waals surface area contributed by atoms with Gasteiger partial charge in [0.2, 0.25) is 0 Å². The Kier molecular flexibility index (Phi) is 3.92. The molecule has 0 aliphatic carbocycles. The molecule has 0 bridgehead atoms. The number of nitrogens with two attached hydrogens (primary N) is 1. The molecule has 1 atom stereocenters. The first-order chi connectivity index (χ1) is 9.40. The van der Waals surface area contributed by atoms with Crippen molar-refractivity contribution in [3.8, 4) is 0 Å². The minimum absolute atomic E-state index is 0.0769. The van der Waals surface area contributed by atoms with Crippen LogP contribution in [0.15, 0.2) is 18.2 Å². The standard InChI is InChI=1S/C14H19N3O3/c1-9(2)11-5-6-16(8-11)14(18)10-3-4-12(15)13(7-10)17(19)20/h3-4,7,9,11H,5-6,8,15H2,1-2H3. The Bertz CT molecular complexity index is 542. The second kappa shape index (κ2) is 5.48. The van der Waals surface area contributed by atoms with Crippen LogP contribution in [0.3, 0.4) is 0 Å². The van der Waals surface area contributed by atoms with Crippen molar-refractivity contribution in [2.45, 2.75) is 20.3 Å². The zero-order valence-corrected chi connectivity index (χ0v) is 11.7. The van der Waals surface area contributed by atoms with Gasteiger partial charge in [0.1, 0.15) is 5.69 Å². The smallest absolute Gasteiger partial charge is 0.292 e. The monoisotopic (exact) mass is 277 g/mol. The summed E-state index contributed by atoms with van der Waals surface area (Å²) >= 11 is 0. The minimum atomic E-state index is -0.562. The van der Waals surface area contributed by atoms with Gasteiger partial charge in [0.05, 0.1) is 4.92 Å². The summed E-state index contributed by atoms with van der Waals surface area (Å²) in [5, 5.41) is 10.9. The van der Waals surface area contributed by atoms with E-state index in [4.69, 9.17) is 5.73 Å². The molecule has 1 aliphatic rings. The van der Waals surface area contributed by atoms with Gasteiger partial charge in [-0.3, -0.25) is 14.9 Å². The highest BCUT2D eigenvalue weighted by Gasteiger charge is 2.29. The number of nitrogen functional groups attached to an aromatic ring is 1. The molecule has 0 spiro atoms. The molecule has 1 unspecified atom stereocenters. The van der Waals surface area contributed by atoms with Crippen molar-refractivity contribution >= 4 is 17.3 Å². The average Bonchev–Trinajstić information content (AvgIpc) is 2.87. The number of rotatable bonds is 3. The van der Waals surface area contributed by atoms with Gasteiger partial charge in [-0.05, 0) is 30.4 Å². The predicted octanol–water partition coefficient (Wildman–Crippen LogP) is 2.30. The Morgan fingerprint density at radius 1 is 1.50 bits per heavy atom. The summed E-state index contributed by atoms with van der Waals surface area (Å²) < 4.78 is 0. The zero-order chi connectivity index (χ0) is 14.9. The van der Waals surface area contributed by atoms with Gasteiger partial charge in [0.15, 0.2) is 0 Å². The highest BCUT2D eigenvalue weighted by molar-refractivity contribution is 5.95. The van der Waals surface area contributed by atoms with Crippen molar-refractivity contribution in [1.29, 1.82) is 0 Å². The molecule has 0 aromatic heterocycles. The van der Waals surface area contributed by atoms with E-state index in [1.54, 1.807) is 11.0 Å². The van der Waals surface area contributed by atoms with Crippen LogP contribution in [0.25, 0.3) is 0 Å². The second-order valence-corrected chi connectivity index (χ2v) is 5.57. The molecule has 1 fully saturated rings. The zero-order valence-electron chi connectivity index (χ0n) is 11.7. The first-order valence-electron chi connectivity index (χ1n) is 6.73. The molecule has 1 amide bonds. The number of nitro groups is 1. The molecule has 6 nitrogen and oxygen atoms in total. The van der Waals surface area contributed by atoms with E-state index in [1.165, 1.54) is 12.1 Å². The summed E-state index contributed by atoms with van der Waals surface area (Å²) in [5.74, 6) is 0.882. The Morgan fingerprint density at radius 3 is 2.75 bits per heavy atom. The third-order valence-electron chi connectivity index (χ3n) is 3.93. The number of nitro benzene ring substituents is 1. The van der Waals surface area contributed by atoms with Gasteiger partial charge in [-0.15, -0.1) is 0 Å². The lowest BCUT2D eigenvalue weighted by atomic mass is 9.95. The molecule has 0 radical (unpaired) electrons. The lowest BCUT2D eigenvalue weighted by Gasteiger charge is -2.18. The topological polar surface area (TPSA) is 89.5 Å². The fourth-order valence-corrected chi connectivity index (χ4v) is 2.53. The summed E-state index contributed by atoms with van der Waals surface area (Å²) in [7, 11) is 0. The Balaban J connectivity index is 2.18. The minimum Gasteiger partial charge on any atom is -0.393 e. The summed E-state index contributed by atoms with van der Waals surface area (Å²) in [5.41, 5.74) is 5.73. The molecule has 6 heteroatoms. The van der Waals surface area contributed by atoms with E-state index in [0.29, 0.717) is 30.5 Å². The van der Waals surface area contributed by atoms with Crippen molar-refractivity contribution in [2.75, 3.05) is 18.8 Å². The SMILES string of the molecule is CC(C)C1CCN(C(=O)c2ccc(N)c([N+](=O)[O-])c2)C1. The number of likely N-dealkylation sites (tertiary alicyclic amines) is 1. The van der Waals surface area contributed by atoms with Crippen LogP contribution in [0.2, 0.25) is 0 Å². The number of hydrogen-bond donors (Lipinski definition) is 1. The van der Waals surface area contributed by atoms with Crippen LogP contribution >= 0.6 is 0 Å². The van der Waals surface area contributed by atoms with Gasteiger partial charge in [0, 0.05) is 24.7 Å². The second-order valence-electron chi connectivity index (χ2n) is 5.57. The Morgan fingerprint density at radius 2 is 2.20 bits per heavy atom. The summed E-state index contributed by atoms with van der Waals surface area (Å²) in [4.78, 5) is 24.4. The van der Waals surface area contributed by atoms with Crippen LogP contribution in [-0.4, -0.2) is 28.8 Å². The molecule has 20 heavy (non-hydrogen) atoms. The number of benzene rings is 1. The number of carbonyl (C=O) groups excluding carboxylic acids is 1. The van der Waals surface area contributed by atoms with Crippen LogP contribution in [0, 0.1) is 22.0 Å². The lowest BCUT2D eigenvalue weighted by Crippen LogP contribution is -2.29. The average molecular weight is 277 g/mol. The van der Waals surface area contributed by atoms with Crippen LogP contribution in [0.5, 0.6) is 0 Å².